The average Bonchev–Trinajstić information content (AvgIpc) is 2.40. The van der Waals surface area contributed by atoms with Crippen LogP contribution in [0, 0.1) is 0 Å². The fourth-order valence-electron chi connectivity index (χ4n) is 1.50. The maximum atomic E-state index is 11.8. The van der Waals surface area contributed by atoms with E-state index >= 15 is 0 Å². The maximum Gasteiger partial charge on any atom is 0.269 e. The summed E-state index contributed by atoms with van der Waals surface area (Å²) in [6.45, 7) is 0.580. The smallest absolute Gasteiger partial charge is 0.269 e. The van der Waals surface area contributed by atoms with E-state index in [0.29, 0.717) is 16.8 Å². The molecule has 0 saturated heterocycles. The van der Waals surface area contributed by atoms with Crippen LogP contribution in [0.25, 0.3) is 0 Å². The molecule has 92 valence electrons. The number of hydrogen-bond acceptors (Lipinski definition) is 3. The molecule has 0 radical (unpaired) electrons. The second-order valence-electron chi connectivity index (χ2n) is 3.71. The lowest BCUT2D eigenvalue weighted by Crippen LogP contribution is -2.26. The lowest BCUT2D eigenvalue weighted by atomic mass is 10.2. The lowest BCUT2D eigenvalue weighted by Gasteiger charge is -2.04. The Morgan fingerprint density at radius 2 is 2.00 bits per heavy atom. The molecule has 0 unspecified atom stereocenters. The monoisotopic (exact) mass is 305 g/mol. The molecule has 0 aliphatic rings. The molecule has 0 saturated carbocycles. The van der Waals surface area contributed by atoms with Crippen LogP contribution in [0.2, 0.25) is 0 Å². The zero-order chi connectivity index (χ0) is 12.8. The summed E-state index contributed by atoms with van der Waals surface area (Å²) in [5, 5.41) is 2.83. The number of pyridine rings is 2. The van der Waals surface area contributed by atoms with Gasteiger partial charge in [0, 0.05) is 18.9 Å². The van der Waals surface area contributed by atoms with Gasteiger partial charge in [0.2, 0.25) is 0 Å². The van der Waals surface area contributed by atoms with Gasteiger partial charge in [-0.2, -0.15) is 0 Å². The highest BCUT2D eigenvalue weighted by Gasteiger charge is 2.06. The quantitative estimate of drug-likeness (QED) is 0.881. The van der Waals surface area contributed by atoms with Crippen LogP contribution in [-0.4, -0.2) is 22.4 Å². The number of aromatic nitrogens is 2. The average molecular weight is 306 g/mol. The van der Waals surface area contributed by atoms with Gasteiger partial charge in [0.05, 0.1) is 0 Å². The van der Waals surface area contributed by atoms with Crippen LogP contribution in [0.4, 0.5) is 0 Å². The third kappa shape index (κ3) is 3.63. The zero-order valence-corrected chi connectivity index (χ0v) is 11.2. The number of carbonyl (C=O) groups excluding carboxylic acids is 1. The van der Waals surface area contributed by atoms with Crippen LogP contribution >= 0.6 is 15.9 Å². The maximum absolute atomic E-state index is 11.8. The van der Waals surface area contributed by atoms with Crippen LogP contribution < -0.4 is 5.32 Å². The highest BCUT2D eigenvalue weighted by Crippen LogP contribution is 2.06. The number of carbonyl (C=O) groups is 1. The molecule has 2 aromatic heterocycles. The molecule has 0 bridgehead atoms. The van der Waals surface area contributed by atoms with Gasteiger partial charge in [0.1, 0.15) is 10.3 Å². The van der Waals surface area contributed by atoms with Gasteiger partial charge in [0.15, 0.2) is 0 Å². The molecule has 0 fully saturated rings. The Morgan fingerprint density at radius 3 is 2.72 bits per heavy atom. The summed E-state index contributed by atoms with van der Waals surface area (Å²) in [7, 11) is 0. The van der Waals surface area contributed by atoms with Gasteiger partial charge in [-0.3, -0.25) is 9.78 Å². The van der Waals surface area contributed by atoms with E-state index in [1.54, 1.807) is 30.6 Å². The fraction of sp³-hybridized carbons (Fsp3) is 0.154. The number of nitrogens with one attached hydrogen (secondary N) is 1. The predicted octanol–water partition coefficient (Wildman–Crippen LogP) is 2.21. The minimum atomic E-state index is -0.162. The van der Waals surface area contributed by atoms with Crippen LogP contribution in [0.5, 0.6) is 0 Å². The Kier molecular flexibility index (Phi) is 4.41. The van der Waals surface area contributed by atoms with Gasteiger partial charge in [-0.05, 0) is 52.2 Å². The molecule has 0 aliphatic carbocycles. The Balaban J connectivity index is 1.86. The predicted molar refractivity (Wildman–Crippen MR) is 72.2 cm³/mol. The molecule has 0 atom stereocenters. The van der Waals surface area contributed by atoms with Crippen molar-refractivity contribution in [2.45, 2.75) is 6.42 Å². The van der Waals surface area contributed by atoms with Crippen molar-refractivity contribution in [3.8, 4) is 0 Å². The summed E-state index contributed by atoms with van der Waals surface area (Å²) >= 11 is 3.24. The normalized spacial score (nSPS) is 10.1. The molecule has 4 nitrogen and oxygen atoms in total. The Bertz CT molecular complexity index is 531. The Hall–Kier alpha value is -1.75. The molecule has 2 heterocycles. The van der Waals surface area contributed by atoms with Gasteiger partial charge in [-0.1, -0.05) is 6.07 Å². The molecule has 2 aromatic rings. The molecule has 18 heavy (non-hydrogen) atoms. The van der Waals surface area contributed by atoms with E-state index in [1.807, 2.05) is 12.1 Å². The molecule has 1 N–H and O–H groups in total. The van der Waals surface area contributed by atoms with Gasteiger partial charge < -0.3 is 5.32 Å². The Morgan fingerprint density at radius 1 is 1.22 bits per heavy atom. The van der Waals surface area contributed by atoms with Crippen LogP contribution in [0.15, 0.2) is 47.3 Å². The highest BCUT2D eigenvalue weighted by molar-refractivity contribution is 9.10. The van der Waals surface area contributed by atoms with Crippen molar-refractivity contribution in [1.29, 1.82) is 0 Å². The molecule has 0 spiro atoms. The van der Waals surface area contributed by atoms with Gasteiger partial charge in [-0.15, -0.1) is 0 Å². The second-order valence-corrected chi connectivity index (χ2v) is 4.52. The van der Waals surface area contributed by atoms with Crippen LogP contribution in [0.3, 0.4) is 0 Å². The molecule has 2 rings (SSSR count). The first-order valence-corrected chi connectivity index (χ1v) is 6.34. The standard InChI is InChI=1S/C13H12BrN3O/c14-12-3-1-2-11(17-12)13(18)16-9-6-10-4-7-15-8-5-10/h1-5,7-8H,6,9H2,(H,16,18). The van der Waals surface area contributed by atoms with Crippen LogP contribution in [0.1, 0.15) is 16.1 Å². The van der Waals surface area contributed by atoms with Gasteiger partial charge in [-0.25, -0.2) is 4.98 Å². The van der Waals surface area contributed by atoms with E-state index in [1.165, 1.54) is 0 Å². The summed E-state index contributed by atoms with van der Waals surface area (Å²) in [5.74, 6) is -0.162. The summed E-state index contributed by atoms with van der Waals surface area (Å²) in [6, 6.07) is 9.13. The van der Waals surface area contributed by atoms with E-state index in [0.717, 1.165) is 12.0 Å². The number of hydrogen-bond donors (Lipinski definition) is 1. The van der Waals surface area contributed by atoms with Gasteiger partial charge in [0.25, 0.3) is 5.91 Å². The molecule has 0 aliphatic heterocycles. The number of nitrogens with zero attached hydrogens (tertiary/aromatic N) is 2. The molecular formula is C13H12BrN3O. The molecule has 0 aromatic carbocycles. The molecule has 5 heteroatoms. The van der Waals surface area contributed by atoms with E-state index in [4.69, 9.17) is 0 Å². The second kappa shape index (κ2) is 6.26. The van der Waals surface area contributed by atoms with E-state index in [9.17, 15) is 4.79 Å². The molecular weight excluding hydrogens is 294 g/mol. The van der Waals surface area contributed by atoms with Crippen molar-refractivity contribution in [2.24, 2.45) is 0 Å². The summed E-state index contributed by atoms with van der Waals surface area (Å²) in [4.78, 5) is 19.8. The van der Waals surface area contributed by atoms with E-state index in [-0.39, 0.29) is 5.91 Å². The van der Waals surface area contributed by atoms with Crippen molar-refractivity contribution in [2.75, 3.05) is 6.54 Å². The summed E-state index contributed by atoms with van der Waals surface area (Å²) < 4.78 is 0.657. The SMILES string of the molecule is O=C(NCCc1ccncc1)c1cccc(Br)n1. The first-order valence-electron chi connectivity index (χ1n) is 5.55. The minimum absolute atomic E-state index is 0.162. The van der Waals surface area contributed by atoms with Crippen molar-refractivity contribution in [3.63, 3.8) is 0 Å². The third-order valence-corrected chi connectivity index (χ3v) is 2.84. The lowest BCUT2D eigenvalue weighted by molar-refractivity contribution is 0.0949. The van der Waals surface area contributed by atoms with E-state index in [2.05, 4.69) is 31.2 Å². The van der Waals surface area contributed by atoms with Crippen molar-refractivity contribution < 1.29 is 4.79 Å². The largest absolute Gasteiger partial charge is 0.350 e. The summed E-state index contributed by atoms with van der Waals surface area (Å²) in [6.07, 6.45) is 4.27. The Labute approximate surface area is 114 Å². The van der Waals surface area contributed by atoms with Crippen molar-refractivity contribution in [3.05, 3.63) is 58.6 Å². The number of amides is 1. The summed E-state index contributed by atoms with van der Waals surface area (Å²) in [5.41, 5.74) is 1.56. The first kappa shape index (κ1) is 12.7. The topological polar surface area (TPSA) is 54.9 Å². The fourth-order valence-corrected chi connectivity index (χ4v) is 1.84. The third-order valence-electron chi connectivity index (χ3n) is 2.40. The first-order chi connectivity index (χ1) is 8.75. The van der Waals surface area contributed by atoms with Gasteiger partial charge >= 0.3 is 0 Å². The van der Waals surface area contributed by atoms with Crippen molar-refractivity contribution in [1.82, 2.24) is 15.3 Å². The zero-order valence-electron chi connectivity index (χ0n) is 9.64. The minimum Gasteiger partial charge on any atom is -0.350 e. The number of rotatable bonds is 4. The molecule has 1 amide bonds. The number of halogens is 1. The van der Waals surface area contributed by atoms with Crippen molar-refractivity contribution >= 4 is 21.8 Å². The highest BCUT2D eigenvalue weighted by atomic mass is 79.9. The van der Waals surface area contributed by atoms with E-state index < -0.39 is 0 Å². The van der Waals surface area contributed by atoms with Crippen LogP contribution in [-0.2, 0) is 6.42 Å².